The zero-order chi connectivity index (χ0) is 10.4. The van der Waals surface area contributed by atoms with Gasteiger partial charge in [0, 0.05) is 12.4 Å². The van der Waals surface area contributed by atoms with Crippen LogP contribution in [0.5, 0.6) is 0 Å². The first-order chi connectivity index (χ1) is 6.68. The maximum absolute atomic E-state index is 11.1. The van der Waals surface area contributed by atoms with Crippen LogP contribution in [-0.2, 0) is 9.59 Å². The summed E-state index contributed by atoms with van der Waals surface area (Å²) < 4.78 is 1.52. The maximum Gasteiger partial charge on any atom is 0.313 e. The zero-order valence-corrected chi connectivity index (χ0v) is 8.16. The highest BCUT2D eigenvalue weighted by Gasteiger charge is 2.03. The Morgan fingerprint density at radius 1 is 1.29 bits per heavy atom. The average Bonchev–Trinajstić information content (AvgIpc) is 2.56. The molecule has 14 heavy (non-hydrogen) atoms. The Morgan fingerprint density at radius 2 is 1.93 bits per heavy atom. The van der Waals surface area contributed by atoms with E-state index in [2.05, 4.69) is 5.43 Å². The number of hydrogen-bond acceptors (Lipinski definition) is 3. The number of aromatic nitrogens is 1. The number of carboxylic acids is 1. The topological polar surface area (TPSA) is 71.3 Å². The van der Waals surface area contributed by atoms with Crippen LogP contribution < -0.4 is 5.43 Å². The van der Waals surface area contributed by atoms with Gasteiger partial charge in [-0.3, -0.25) is 19.7 Å². The van der Waals surface area contributed by atoms with E-state index >= 15 is 0 Å². The third-order valence-electron chi connectivity index (χ3n) is 1.32. The van der Waals surface area contributed by atoms with E-state index < -0.39 is 5.97 Å². The molecule has 0 fully saturated rings. The molecule has 2 N–H and O–H groups in total. The van der Waals surface area contributed by atoms with Crippen molar-refractivity contribution in [2.75, 3.05) is 16.9 Å². The van der Waals surface area contributed by atoms with Gasteiger partial charge in [0.25, 0.3) is 0 Å². The van der Waals surface area contributed by atoms with Crippen molar-refractivity contribution >= 4 is 23.6 Å². The molecular weight excluding hydrogens is 204 g/mol. The van der Waals surface area contributed by atoms with Crippen LogP contribution >= 0.6 is 11.8 Å². The second-order valence-corrected chi connectivity index (χ2v) is 3.50. The van der Waals surface area contributed by atoms with E-state index in [1.54, 1.807) is 24.5 Å². The Labute approximate surface area is 85.1 Å². The Kier molecular flexibility index (Phi) is 4.06. The van der Waals surface area contributed by atoms with Gasteiger partial charge in [-0.25, -0.2) is 0 Å². The second-order valence-electron chi connectivity index (χ2n) is 2.51. The van der Waals surface area contributed by atoms with Crippen LogP contribution in [0.15, 0.2) is 24.5 Å². The van der Waals surface area contributed by atoms with Crippen molar-refractivity contribution in [3.05, 3.63) is 24.5 Å². The highest BCUT2D eigenvalue weighted by atomic mass is 32.2. The average molecular weight is 214 g/mol. The Balaban J connectivity index is 2.20. The molecule has 1 amide bonds. The Morgan fingerprint density at radius 3 is 2.50 bits per heavy atom. The number of amides is 1. The highest BCUT2D eigenvalue weighted by molar-refractivity contribution is 8.00. The van der Waals surface area contributed by atoms with E-state index in [0.29, 0.717) is 0 Å². The van der Waals surface area contributed by atoms with Gasteiger partial charge in [-0.2, -0.15) is 0 Å². The Hall–Kier alpha value is -1.43. The van der Waals surface area contributed by atoms with E-state index in [4.69, 9.17) is 5.11 Å². The summed E-state index contributed by atoms with van der Waals surface area (Å²) in [5, 5.41) is 8.33. The number of aliphatic carboxylic acids is 1. The minimum absolute atomic E-state index is 0.0564. The molecule has 6 heteroatoms. The van der Waals surface area contributed by atoms with Crippen LogP contribution in [0, 0.1) is 0 Å². The lowest BCUT2D eigenvalue weighted by Crippen LogP contribution is -2.23. The number of nitrogens with one attached hydrogen (secondary N) is 1. The van der Waals surface area contributed by atoms with Crippen molar-refractivity contribution in [2.45, 2.75) is 0 Å². The van der Waals surface area contributed by atoms with Gasteiger partial charge in [-0.05, 0) is 12.1 Å². The minimum Gasteiger partial charge on any atom is -0.481 e. The van der Waals surface area contributed by atoms with E-state index in [-0.39, 0.29) is 17.4 Å². The number of thioether (sulfide) groups is 1. The fraction of sp³-hybridized carbons (Fsp3) is 0.250. The van der Waals surface area contributed by atoms with Gasteiger partial charge in [0.15, 0.2) is 0 Å². The van der Waals surface area contributed by atoms with Crippen molar-refractivity contribution in [1.82, 2.24) is 4.68 Å². The van der Waals surface area contributed by atoms with Crippen molar-refractivity contribution < 1.29 is 14.7 Å². The van der Waals surface area contributed by atoms with Crippen LogP contribution in [-0.4, -0.2) is 33.2 Å². The van der Waals surface area contributed by atoms with Crippen molar-refractivity contribution in [3.63, 3.8) is 0 Å². The Bertz CT molecular complexity index is 310. The molecule has 1 aromatic rings. The fourth-order valence-corrected chi connectivity index (χ4v) is 1.34. The third kappa shape index (κ3) is 3.99. The van der Waals surface area contributed by atoms with E-state index in [1.807, 2.05) is 0 Å². The highest BCUT2D eigenvalue weighted by Crippen LogP contribution is 1.98. The summed E-state index contributed by atoms with van der Waals surface area (Å²) in [7, 11) is 0. The maximum atomic E-state index is 11.1. The van der Waals surface area contributed by atoms with Crippen LogP contribution in [0.3, 0.4) is 0 Å². The van der Waals surface area contributed by atoms with Crippen LogP contribution in [0.1, 0.15) is 0 Å². The summed E-state index contributed by atoms with van der Waals surface area (Å²) in [6, 6.07) is 3.56. The molecule has 0 unspecified atom stereocenters. The predicted octanol–water partition coefficient (Wildman–Crippen LogP) is 0.376. The lowest BCUT2D eigenvalue weighted by molar-refractivity contribution is -0.133. The van der Waals surface area contributed by atoms with Gasteiger partial charge in [0.2, 0.25) is 5.91 Å². The van der Waals surface area contributed by atoms with Crippen molar-refractivity contribution in [3.8, 4) is 0 Å². The number of rotatable bonds is 5. The van der Waals surface area contributed by atoms with Crippen LogP contribution in [0.25, 0.3) is 0 Å². The number of carbonyl (C=O) groups is 2. The molecule has 0 aromatic carbocycles. The normalized spacial score (nSPS) is 9.71. The lowest BCUT2D eigenvalue weighted by atomic mass is 10.7. The van der Waals surface area contributed by atoms with Gasteiger partial charge in [-0.15, -0.1) is 11.8 Å². The number of nitrogens with zero attached hydrogens (tertiary/aromatic N) is 1. The smallest absolute Gasteiger partial charge is 0.313 e. The molecule has 0 atom stereocenters. The predicted molar refractivity (Wildman–Crippen MR) is 53.8 cm³/mol. The zero-order valence-electron chi connectivity index (χ0n) is 7.34. The SMILES string of the molecule is O=C(O)CSCC(=O)Nn1cccc1. The molecule has 0 bridgehead atoms. The van der Waals surface area contributed by atoms with Gasteiger partial charge in [0.05, 0.1) is 11.5 Å². The summed E-state index contributed by atoms with van der Waals surface area (Å²) >= 11 is 1.07. The molecule has 0 radical (unpaired) electrons. The number of hydrogen-bond donors (Lipinski definition) is 2. The van der Waals surface area contributed by atoms with Gasteiger partial charge < -0.3 is 5.11 Å². The first-order valence-corrected chi connectivity index (χ1v) is 5.06. The van der Waals surface area contributed by atoms with Crippen molar-refractivity contribution in [1.29, 1.82) is 0 Å². The first kappa shape index (κ1) is 10.6. The van der Waals surface area contributed by atoms with Crippen LogP contribution in [0.4, 0.5) is 0 Å². The molecule has 5 nitrogen and oxygen atoms in total. The largest absolute Gasteiger partial charge is 0.481 e. The van der Waals surface area contributed by atoms with Gasteiger partial charge in [0.1, 0.15) is 0 Å². The minimum atomic E-state index is -0.913. The lowest BCUT2D eigenvalue weighted by Gasteiger charge is -2.04. The van der Waals surface area contributed by atoms with E-state index in [0.717, 1.165) is 11.8 Å². The van der Waals surface area contributed by atoms with Crippen LogP contribution in [0.2, 0.25) is 0 Å². The fourth-order valence-electron chi connectivity index (χ4n) is 0.816. The molecule has 0 aliphatic carbocycles. The summed E-state index contributed by atoms with van der Waals surface area (Å²) in [5.74, 6) is -1.04. The standard InChI is InChI=1S/C8H10N2O3S/c11-7(5-14-6-8(12)13)9-10-3-1-2-4-10/h1-4H,5-6H2,(H,9,11)(H,12,13). The van der Waals surface area contributed by atoms with Crippen molar-refractivity contribution in [2.24, 2.45) is 0 Å². The first-order valence-electron chi connectivity index (χ1n) is 3.91. The molecule has 76 valence electrons. The molecule has 1 aromatic heterocycles. The summed E-state index contributed by atoms with van der Waals surface area (Å²) in [6.07, 6.45) is 3.39. The second kappa shape index (κ2) is 5.33. The van der Waals surface area contributed by atoms with Gasteiger partial charge >= 0.3 is 5.97 Å². The quantitative estimate of drug-likeness (QED) is 0.743. The van der Waals surface area contributed by atoms with Gasteiger partial charge in [-0.1, -0.05) is 0 Å². The summed E-state index contributed by atoms with van der Waals surface area (Å²) in [5.41, 5.74) is 2.56. The molecular formula is C8H10N2O3S. The third-order valence-corrected chi connectivity index (χ3v) is 2.23. The molecule has 1 rings (SSSR count). The summed E-state index contributed by atoms with van der Waals surface area (Å²) in [4.78, 5) is 21.3. The molecule has 0 saturated heterocycles. The number of carboxylic acid groups (broad SMARTS) is 1. The molecule has 0 spiro atoms. The summed E-state index contributed by atoms with van der Waals surface area (Å²) in [6.45, 7) is 0. The molecule has 0 aliphatic heterocycles. The number of carbonyl (C=O) groups excluding carboxylic acids is 1. The van der Waals surface area contributed by atoms with E-state index in [9.17, 15) is 9.59 Å². The monoisotopic (exact) mass is 214 g/mol. The molecule has 1 heterocycles. The molecule has 0 aliphatic rings. The van der Waals surface area contributed by atoms with E-state index in [1.165, 1.54) is 4.68 Å². The molecule has 0 saturated carbocycles.